The van der Waals surface area contributed by atoms with Gasteiger partial charge in [-0.05, 0) is 25.7 Å². The number of esters is 1. The molecule has 1 rings (SSSR count). The summed E-state index contributed by atoms with van der Waals surface area (Å²) in [7, 11) is 0. The third-order valence-electron chi connectivity index (χ3n) is 2.17. The van der Waals surface area contributed by atoms with Crippen LogP contribution < -0.4 is 0 Å². The van der Waals surface area contributed by atoms with Gasteiger partial charge in [-0.25, -0.2) is 9.59 Å². The van der Waals surface area contributed by atoms with Gasteiger partial charge < -0.3 is 4.74 Å². The Kier molecular flexibility index (Phi) is 4.65. The lowest BCUT2D eigenvalue weighted by Gasteiger charge is -2.20. The summed E-state index contributed by atoms with van der Waals surface area (Å²) in [5.41, 5.74) is 0. The number of ether oxygens (including phenoxy) is 1. The highest BCUT2D eigenvalue weighted by molar-refractivity contribution is 5.82. The van der Waals surface area contributed by atoms with Gasteiger partial charge in [0.05, 0.1) is 0 Å². The smallest absolute Gasteiger partial charge is 0.332 e. The fourth-order valence-corrected chi connectivity index (χ4v) is 1.52. The quantitative estimate of drug-likeness (QED) is 0.298. The van der Waals surface area contributed by atoms with Crippen molar-refractivity contribution in [1.82, 2.24) is 0 Å². The summed E-state index contributed by atoms with van der Waals surface area (Å²) in [6.07, 6.45) is 8.93. The van der Waals surface area contributed by atoms with Gasteiger partial charge in [-0.2, -0.15) is 4.99 Å². The molecule has 0 unspecified atom stereocenters. The van der Waals surface area contributed by atoms with Crippen LogP contribution in [0.3, 0.4) is 0 Å². The fourth-order valence-electron chi connectivity index (χ4n) is 1.52. The van der Waals surface area contributed by atoms with Crippen molar-refractivity contribution < 1.29 is 14.3 Å². The Labute approximate surface area is 82.7 Å². The van der Waals surface area contributed by atoms with Crippen molar-refractivity contribution in [2.45, 2.75) is 38.2 Å². The monoisotopic (exact) mass is 195 g/mol. The topological polar surface area (TPSA) is 55.7 Å². The molecule has 0 heterocycles. The van der Waals surface area contributed by atoms with Gasteiger partial charge in [0.25, 0.3) is 0 Å². The Morgan fingerprint density at radius 1 is 1.36 bits per heavy atom. The molecule has 0 radical (unpaired) electrons. The number of isocyanates is 1. The van der Waals surface area contributed by atoms with E-state index in [9.17, 15) is 9.59 Å². The average molecular weight is 195 g/mol. The largest absolute Gasteiger partial charge is 0.459 e. The molecule has 76 valence electrons. The molecule has 4 heteroatoms. The molecule has 1 aliphatic rings. The number of nitrogens with zero attached hydrogens (tertiary/aromatic N) is 1. The molecular formula is C10H13NO3. The molecule has 0 spiro atoms. The van der Waals surface area contributed by atoms with E-state index in [0.29, 0.717) is 0 Å². The summed E-state index contributed by atoms with van der Waals surface area (Å²) in [5, 5.41) is 0. The predicted octanol–water partition coefficient (Wildman–Crippen LogP) is 1.71. The molecule has 1 fully saturated rings. The Hall–Kier alpha value is -1.41. The lowest BCUT2D eigenvalue weighted by Crippen LogP contribution is -2.19. The Morgan fingerprint density at radius 3 is 2.71 bits per heavy atom. The van der Waals surface area contributed by atoms with Gasteiger partial charge >= 0.3 is 5.97 Å². The lowest BCUT2D eigenvalue weighted by molar-refractivity contribution is -0.144. The van der Waals surface area contributed by atoms with Gasteiger partial charge in [0.2, 0.25) is 6.08 Å². The van der Waals surface area contributed by atoms with E-state index >= 15 is 0 Å². The van der Waals surface area contributed by atoms with Crippen molar-refractivity contribution in [3.05, 3.63) is 12.3 Å². The van der Waals surface area contributed by atoms with Crippen molar-refractivity contribution in [3.8, 4) is 0 Å². The van der Waals surface area contributed by atoms with Crippen LogP contribution in [0.15, 0.2) is 17.3 Å². The third kappa shape index (κ3) is 4.01. The number of hydrogen-bond acceptors (Lipinski definition) is 4. The number of aliphatic imine (C=N–C) groups is 1. The minimum Gasteiger partial charge on any atom is -0.459 e. The predicted molar refractivity (Wildman–Crippen MR) is 50.2 cm³/mol. The normalized spacial score (nSPS) is 17.7. The highest BCUT2D eigenvalue weighted by Gasteiger charge is 2.15. The SMILES string of the molecule is O=C=N/C=C/C(=O)OC1CCCCC1. The molecule has 14 heavy (non-hydrogen) atoms. The second kappa shape index (κ2) is 6.11. The van der Waals surface area contributed by atoms with Crippen molar-refractivity contribution in [2.75, 3.05) is 0 Å². The molecule has 0 aliphatic heterocycles. The van der Waals surface area contributed by atoms with E-state index in [1.807, 2.05) is 0 Å². The van der Waals surface area contributed by atoms with Gasteiger partial charge in [0.15, 0.2) is 0 Å². The Bertz CT molecular complexity index is 261. The molecule has 0 aromatic carbocycles. The van der Waals surface area contributed by atoms with E-state index < -0.39 is 5.97 Å². The molecule has 0 bridgehead atoms. The van der Waals surface area contributed by atoms with Gasteiger partial charge in [-0.1, -0.05) is 6.42 Å². The van der Waals surface area contributed by atoms with E-state index in [1.54, 1.807) is 0 Å². The van der Waals surface area contributed by atoms with Crippen molar-refractivity contribution >= 4 is 12.0 Å². The maximum Gasteiger partial charge on any atom is 0.332 e. The third-order valence-corrected chi connectivity index (χ3v) is 2.17. The standard InChI is InChI=1S/C10H13NO3/c12-8-11-7-6-10(13)14-9-4-2-1-3-5-9/h6-7,9H,1-5H2/b7-6+. The second-order valence-electron chi connectivity index (χ2n) is 3.23. The Morgan fingerprint density at radius 2 is 2.07 bits per heavy atom. The lowest BCUT2D eigenvalue weighted by atomic mass is 9.98. The molecule has 0 amide bonds. The number of carbonyl (C=O) groups is 1. The van der Waals surface area contributed by atoms with E-state index in [0.717, 1.165) is 38.0 Å². The molecule has 4 nitrogen and oxygen atoms in total. The average Bonchev–Trinajstić information content (AvgIpc) is 2.20. The maximum absolute atomic E-state index is 11.1. The molecule has 0 atom stereocenters. The molecule has 0 saturated heterocycles. The van der Waals surface area contributed by atoms with E-state index in [-0.39, 0.29) is 6.10 Å². The first-order chi connectivity index (χ1) is 6.83. The van der Waals surface area contributed by atoms with Crippen LogP contribution in [-0.2, 0) is 14.3 Å². The van der Waals surface area contributed by atoms with Gasteiger partial charge in [-0.3, -0.25) is 0 Å². The summed E-state index contributed by atoms with van der Waals surface area (Å²) >= 11 is 0. The van der Waals surface area contributed by atoms with Crippen LogP contribution in [-0.4, -0.2) is 18.2 Å². The van der Waals surface area contributed by atoms with Crippen molar-refractivity contribution in [2.24, 2.45) is 4.99 Å². The number of hydrogen-bond donors (Lipinski definition) is 0. The molecule has 0 aromatic rings. The maximum atomic E-state index is 11.1. The van der Waals surface area contributed by atoms with E-state index in [4.69, 9.17) is 4.74 Å². The van der Waals surface area contributed by atoms with Crippen LogP contribution >= 0.6 is 0 Å². The van der Waals surface area contributed by atoms with Crippen LogP contribution in [0.25, 0.3) is 0 Å². The highest BCUT2D eigenvalue weighted by atomic mass is 16.5. The second-order valence-corrected chi connectivity index (χ2v) is 3.23. The number of carbonyl (C=O) groups excluding carboxylic acids is 2. The van der Waals surface area contributed by atoms with Crippen LogP contribution in [0, 0.1) is 0 Å². The molecule has 1 saturated carbocycles. The summed E-state index contributed by atoms with van der Waals surface area (Å²) in [4.78, 5) is 23.9. The van der Waals surface area contributed by atoms with Crippen LogP contribution in [0.4, 0.5) is 0 Å². The summed E-state index contributed by atoms with van der Waals surface area (Å²) < 4.78 is 5.12. The molecule has 0 N–H and O–H groups in total. The van der Waals surface area contributed by atoms with E-state index in [2.05, 4.69) is 4.99 Å². The minimum absolute atomic E-state index is 0.0427. The fraction of sp³-hybridized carbons (Fsp3) is 0.600. The summed E-state index contributed by atoms with van der Waals surface area (Å²) in [5.74, 6) is -0.434. The van der Waals surface area contributed by atoms with Crippen molar-refractivity contribution in [1.29, 1.82) is 0 Å². The Balaban J connectivity index is 2.28. The number of rotatable bonds is 3. The van der Waals surface area contributed by atoms with Gasteiger partial charge in [0.1, 0.15) is 6.10 Å². The van der Waals surface area contributed by atoms with Gasteiger partial charge in [-0.15, -0.1) is 0 Å². The van der Waals surface area contributed by atoms with Crippen LogP contribution in [0.5, 0.6) is 0 Å². The summed E-state index contributed by atoms with van der Waals surface area (Å²) in [6, 6.07) is 0. The molecule has 1 aliphatic carbocycles. The van der Waals surface area contributed by atoms with Crippen molar-refractivity contribution in [3.63, 3.8) is 0 Å². The zero-order valence-electron chi connectivity index (χ0n) is 7.94. The van der Waals surface area contributed by atoms with Gasteiger partial charge in [0, 0.05) is 12.3 Å². The van der Waals surface area contributed by atoms with Crippen LogP contribution in [0.1, 0.15) is 32.1 Å². The highest BCUT2D eigenvalue weighted by Crippen LogP contribution is 2.20. The first-order valence-corrected chi connectivity index (χ1v) is 4.77. The summed E-state index contributed by atoms with van der Waals surface area (Å²) in [6.45, 7) is 0. The zero-order chi connectivity index (χ0) is 10.2. The first-order valence-electron chi connectivity index (χ1n) is 4.77. The first kappa shape index (κ1) is 10.7. The molecule has 0 aromatic heterocycles. The van der Waals surface area contributed by atoms with Crippen LogP contribution in [0.2, 0.25) is 0 Å². The minimum atomic E-state index is -0.434. The van der Waals surface area contributed by atoms with E-state index in [1.165, 1.54) is 12.5 Å². The zero-order valence-corrected chi connectivity index (χ0v) is 7.94. The molecular weight excluding hydrogens is 182 g/mol.